The van der Waals surface area contributed by atoms with Gasteiger partial charge in [-0.05, 0) is 50.5 Å². The van der Waals surface area contributed by atoms with Crippen molar-refractivity contribution < 1.29 is 0 Å². The van der Waals surface area contributed by atoms with E-state index in [1.807, 2.05) is 0 Å². The molecule has 0 spiro atoms. The Morgan fingerprint density at radius 3 is 2.38 bits per heavy atom. The van der Waals surface area contributed by atoms with Gasteiger partial charge >= 0.3 is 0 Å². The van der Waals surface area contributed by atoms with Crippen LogP contribution in [-0.4, -0.2) is 63.1 Å². The third-order valence-electron chi connectivity index (χ3n) is 6.69. The van der Waals surface area contributed by atoms with E-state index in [4.69, 9.17) is 9.97 Å². The summed E-state index contributed by atoms with van der Waals surface area (Å²) in [6.07, 6.45) is 5.45. The molecule has 0 bridgehead atoms. The highest BCUT2D eigenvalue weighted by molar-refractivity contribution is 5.73. The van der Waals surface area contributed by atoms with Crippen LogP contribution in [0, 0.1) is 13.8 Å². The maximum Gasteiger partial charge on any atom is 0.160 e. The monoisotopic (exact) mass is 431 g/mol. The summed E-state index contributed by atoms with van der Waals surface area (Å²) in [7, 11) is 0. The van der Waals surface area contributed by atoms with Crippen molar-refractivity contribution in [1.29, 1.82) is 0 Å². The minimum absolute atomic E-state index is 0.656. The number of benzene rings is 1. The molecule has 3 heterocycles. The fourth-order valence-corrected chi connectivity index (χ4v) is 4.43. The first-order chi connectivity index (χ1) is 15.4. The number of rotatable bonds is 7. The zero-order chi connectivity index (χ0) is 22.7. The topological polar surface area (TPSA) is 37.2 Å². The third kappa shape index (κ3) is 5.11. The van der Waals surface area contributed by atoms with Crippen molar-refractivity contribution in [1.82, 2.24) is 24.3 Å². The number of fused-ring (bicyclic) bond motifs is 1. The second-order valence-corrected chi connectivity index (χ2v) is 9.28. The van der Waals surface area contributed by atoms with Crippen molar-refractivity contribution in [2.45, 2.75) is 53.6 Å². The van der Waals surface area contributed by atoms with E-state index in [1.54, 1.807) is 0 Å². The summed E-state index contributed by atoms with van der Waals surface area (Å²) in [6.45, 7) is 17.4. The normalized spacial score (nSPS) is 16.1. The van der Waals surface area contributed by atoms with Crippen molar-refractivity contribution in [3.8, 4) is 0 Å². The van der Waals surface area contributed by atoms with Gasteiger partial charge in [0.05, 0.1) is 6.54 Å². The zero-order valence-electron chi connectivity index (χ0n) is 20.3. The molecule has 1 aromatic carbocycles. The van der Waals surface area contributed by atoms with Crippen molar-refractivity contribution in [3.05, 3.63) is 64.6 Å². The molecule has 5 nitrogen and oxygen atoms in total. The Morgan fingerprint density at radius 2 is 1.72 bits per heavy atom. The number of aryl methyl sites for hydroxylation is 3. The van der Waals surface area contributed by atoms with Crippen LogP contribution in [0.3, 0.4) is 0 Å². The molecular formula is C27H37N5. The van der Waals surface area contributed by atoms with E-state index in [1.165, 1.54) is 29.8 Å². The minimum atomic E-state index is 0.656. The van der Waals surface area contributed by atoms with Gasteiger partial charge < -0.3 is 4.57 Å². The van der Waals surface area contributed by atoms with Gasteiger partial charge in [0.1, 0.15) is 11.3 Å². The van der Waals surface area contributed by atoms with Crippen LogP contribution in [0.4, 0.5) is 0 Å². The molecule has 2 aromatic heterocycles. The van der Waals surface area contributed by atoms with E-state index in [0.717, 1.165) is 55.3 Å². The summed E-state index contributed by atoms with van der Waals surface area (Å²) in [5.41, 5.74) is 6.80. The number of piperazine rings is 1. The van der Waals surface area contributed by atoms with Gasteiger partial charge in [-0.15, -0.1) is 0 Å². The van der Waals surface area contributed by atoms with Crippen LogP contribution < -0.4 is 0 Å². The van der Waals surface area contributed by atoms with Crippen molar-refractivity contribution >= 4 is 17.2 Å². The predicted octanol–water partition coefficient (Wildman–Crippen LogP) is 4.70. The predicted molar refractivity (Wildman–Crippen MR) is 134 cm³/mol. The lowest BCUT2D eigenvalue weighted by Crippen LogP contribution is -2.48. The van der Waals surface area contributed by atoms with E-state index >= 15 is 0 Å². The molecule has 5 heteroatoms. The Morgan fingerprint density at radius 1 is 1.00 bits per heavy atom. The van der Waals surface area contributed by atoms with Crippen LogP contribution in [0.25, 0.3) is 17.2 Å². The Balaban J connectivity index is 1.39. The summed E-state index contributed by atoms with van der Waals surface area (Å²) in [5, 5.41) is 0. The lowest BCUT2D eigenvalue weighted by Gasteiger charge is -2.36. The van der Waals surface area contributed by atoms with E-state index in [2.05, 4.69) is 91.5 Å². The first-order valence-corrected chi connectivity index (χ1v) is 12.0. The molecule has 0 radical (unpaired) electrons. The quantitative estimate of drug-likeness (QED) is 0.543. The number of hydrogen-bond donors (Lipinski definition) is 0. The van der Waals surface area contributed by atoms with Gasteiger partial charge in [0, 0.05) is 50.9 Å². The standard InChI is InChI=1S/C27H37N5/c1-6-26-29-25-18-21(4)22(5)28-27(25)32(26)19-24-11-9-23(10-12-24)8-7-13-30-14-16-31(17-15-30)20(2)3/h7-12,18,20H,6,13-17,19H2,1-5H3. The molecule has 0 amide bonds. The van der Waals surface area contributed by atoms with Crippen molar-refractivity contribution in [2.24, 2.45) is 0 Å². The summed E-state index contributed by atoms with van der Waals surface area (Å²) >= 11 is 0. The fraction of sp³-hybridized carbons (Fsp3) is 0.481. The Kier molecular flexibility index (Phi) is 7.07. The molecule has 1 fully saturated rings. The molecule has 1 saturated heterocycles. The number of nitrogens with zero attached hydrogens (tertiary/aromatic N) is 5. The number of aromatic nitrogens is 3. The van der Waals surface area contributed by atoms with Crippen LogP contribution in [0.2, 0.25) is 0 Å². The average Bonchev–Trinajstić information content (AvgIpc) is 3.12. The van der Waals surface area contributed by atoms with Gasteiger partial charge in [-0.1, -0.05) is 43.3 Å². The number of hydrogen-bond acceptors (Lipinski definition) is 4. The highest BCUT2D eigenvalue weighted by Crippen LogP contribution is 2.20. The number of imidazole rings is 1. The van der Waals surface area contributed by atoms with Gasteiger partial charge in [0.15, 0.2) is 5.65 Å². The zero-order valence-corrected chi connectivity index (χ0v) is 20.3. The van der Waals surface area contributed by atoms with Gasteiger partial charge in [-0.2, -0.15) is 0 Å². The third-order valence-corrected chi connectivity index (χ3v) is 6.69. The van der Waals surface area contributed by atoms with Crippen molar-refractivity contribution in [2.75, 3.05) is 32.7 Å². The molecule has 1 aliphatic rings. The maximum absolute atomic E-state index is 4.84. The molecule has 0 atom stereocenters. The second-order valence-electron chi connectivity index (χ2n) is 9.28. The molecule has 0 saturated carbocycles. The molecule has 4 rings (SSSR count). The Hall–Kier alpha value is -2.50. The van der Waals surface area contributed by atoms with E-state index in [9.17, 15) is 0 Å². The molecule has 0 unspecified atom stereocenters. The SMILES string of the molecule is CCc1nc2cc(C)c(C)nc2n1Cc1ccc(C=CCN2CCN(C(C)C)CC2)cc1. The summed E-state index contributed by atoms with van der Waals surface area (Å²) < 4.78 is 2.27. The molecule has 1 aliphatic heterocycles. The first-order valence-electron chi connectivity index (χ1n) is 12.0. The van der Waals surface area contributed by atoms with Gasteiger partial charge in [-0.3, -0.25) is 9.80 Å². The first kappa shape index (κ1) is 22.7. The molecule has 0 N–H and O–H groups in total. The second kappa shape index (κ2) is 9.97. The van der Waals surface area contributed by atoms with E-state index in [-0.39, 0.29) is 0 Å². The van der Waals surface area contributed by atoms with E-state index < -0.39 is 0 Å². The van der Waals surface area contributed by atoms with Gasteiger partial charge in [0.2, 0.25) is 0 Å². The molecule has 0 aliphatic carbocycles. The van der Waals surface area contributed by atoms with Gasteiger partial charge in [-0.25, -0.2) is 9.97 Å². The van der Waals surface area contributed by atoms with E-state index in [0.29, 0.717) is 6.04 Å². The summed E-state index contributed by atoms with van der Waals surface area (Å²) in [5.74, 6) is 1.10. The highest BCUT2D eigenvalue weighted by atomic mass is 15.3. The molecule has 170 valence electrons. The fourth-order valence-electron chi connectivity index (χ4n) is 4.43. The maximum atomic E-state index is 4.84. The molecule has 3 aromatic rings. The molecular weight excluding hydrogens is 394 g/mol. The molecule has 32 heavy (non-hydrogen) atoms. The van der Waals surface area contributed by atoms with Crippen molar-refractivity contribution in [3.63, 3.8) is 0 Å². The number of pyridine rings is 1. The van der Waals surface area contributed by atoms with Crippen LogP contribution in [0.15, 0.2) is 36.4 Å². The minimum Gasteiger partial charge on any atom is -0.308 e. The Labute approximate surface area is 192 Å². The van der Waals surface area contributed by atoms with Crippen LogP contribution in [0.5, 0.6) is 0 Å². The van der Waals surface area contributed by atoms with Gasteiger partial charge in [0.25, 0.3) is 0 Å². The summed E-state index contributed by atoms with van der Waals surface area (Å²) in [6, 6.07) is 11.7. The lowest BCUT2D eigenvalue weighted by molar-refractivity contribution is 0.117. The lowest BCUT2D eigenvalue weighted by atomic mass is 10.1. The van der Waals surface area contributed by atoms with Crippen LogP contribution in [0.1, 0.15) is 49.0 Å². The smallest absolute Gasteiger partial charge is 0.160 e. The van der Waals surface area contributed by atoms with Crippen LogP contribution >= 0.6 is 0 Å². The average molecular weight is 432 g/mol. The summed E-state index contributed by atoms with van der Waals surface area (Å²) in [4.78, 5) is 14.8. The highest BCUT2D eigenvalue weighted by Gasteiger charge is 2.17. The Bertz CT molecular complexity index is 1070. The van der Waals surface area contributed by atoms with Crippen LogP contribution in [-0.2, 0) is 13.0 Å². The largest absolute Gasteiger partial charge is 0.308 e.